The molecule has 31 heavy (non-hydrogen) atoms. The molecule has 1 heterocycles. The van der Waals surface area contributed by atoms with Crippen molar-refractivity contribution in [3.05, 3.63) is 65.0 Å². The molecule has 3 aromatic rings. The molecule has 1 amide bonds. The number of anilines is 1. The van der Waals surface area contributed by atoms with Crippen LogP contribution in [0.3, 0.4) is 0 Å². The summed E-state index contributed by atoms with van der Waals surface area (Å²) < 4.78 is 28.9. The van der Waals surface area contributed by atoms with Gasteiger partial charge in [-0.15, -0.1) is 0 Å². The van der Waals surface area contributed by atoms with E-state index < -0.39 is 15.8 Å². The van der Waals surface area contributed by atoms with Crippen molar-refractivity contribution >= 4 is 38.2 Å². The summed E-state index contributed by atoms with van der Waals surface area (Å²) in [7, 11) is -3.29. The van der Waals surface area contributed by atoms with Crippen LogP contribution in [0.25, 0.3) is 11.3 Å². The zero-order valence-electron chi connectivity index (χ0n) is 17.1. The summed E-state index contributed by atoms with van der Waals surface area (Å²) >= 11 is 1.05. The summed E-state index contributed by atoms with van der Waals surface area (Å²) in [4.78, 5) is 29.8. The molecule has 0 saturated carbocycles. The van der Waals surface area contributed by atoms with Crippen molar-refractivity contribution in [3.8, 4) is 11.3 Å². The maximum Gasteiger partial charge on any atom is 0.350 e. The first kappa shape index (κ1) is 22.6. The lowest BCUT2D eigenvalue weighted by atomic mass is 10.1. The standard InChI is InChI=1S/C22H22N2O5S2/c1-3-29-21(26)20-19(16-8-6-5-7-9-16)24-22(30-20)23-18(25)14-15-10-12-17(13-11-15)31(27,28)4-2/h5-13H,3-4,14H2,1-2H3,(H,23,24,25). The highest BCUT2D eigenvalue weighted by atomic mass is 32.2. The van der Waals surface area contributed by atoms with Gasteiger partial charge in [0, 0.05) is 5.56 Å². The van der Waals surface area contributed by atoms with Crippen molar-refractivity contribution in [1.82, 2.24) is 4.98 Å². The van der Waals surface area contributed by atoms with Crippen molar-refractivity contribution in [3.63, 3.8) is 0 Å². The Balaban J connectivity index is 1.77. The molecule has 162 valence electrons. The number of nitrogens with one attached hydrogen (secondary N) is 1. The largest absolute Gasteiger partial charge is 0.462 e. The van der Waals surface area contributed by atoms with E-state index in [2.05, 4.69) is 10.3 Å². The number of amides is 1. The summed E-state index contributed by atoms with van der Waals surface area (Å²) in [5, 5.41) is 3.01. The average Bonchev–Trinajstić information content (AvgIpc) is 3.18. The van der Waals surface area contributed by atoms with Crippen molar-refractivity contribution in [1.29, 1.82) is 0 Å². The first-order chi connectivity index (χ1) is 14.8. The summed E-state index contributed by atoms with van der Waals surface area (Å²) in [6.07, 6.45) is 0.0431. The number of ether oxygens (including phenoxy) is 1. The van der Waals surface area contributed by atoms with E-state index in [9.17, 15) is 18.0 Å². The maximum atomic E-state index is 12.5. The van der Waals surface area contributed by atoms with Crippen LogP contribution in [0.5, 0.6) is 0 Å². The first-order valence-electron chi connectivity index (χ1n) is 9.69. The van der Waals surface area contributed by atoms with Crippen LogP contribution >= 0.6 is 11.3 Å². The lowest BCUT2D eigenvalue weighted by Crippen LogP contribution is -2.14. The van der Waals surface area contributed by atoms with E-state index in [-0.39, 0.29) is 34.7 Å². The van der Waals surface area contributed by atoms with Gasteiger partial charge in [0.1, 0.15) is 4.88 Å². The predicted molar refractivity (Wildman–Crippen MR) is 120 cm³/mol. The number of hydrogen-bond donors (Lipinski definition) is 1. The van der Waals surface area contributed by atoms with E-state index in [0.29, 0.717) is 16.1 Å². The third-order valence-electron chi connectivity index (χ3n) is 4.41. The zero-order valence-corrected chi connectivity index (χ0v) is 18.8. The van der Waals surface area contributed by atoms with Gasteiger partial charge in [-0.25, -0.2) is 18.2 Å². The molecule has 0 aliphatic rings. The fourth-order valence-corrected chi connectivity index (χ4v) is 4.61. The van der Waals surface area contributed by atoms with Gasteiger partial charge in [-0.3, -0.25) is 4.79 Å². The molecule has 0 bridgehead atoms. The maximum absolute atomic E-state index is 12.5. The number of hydrogen-bond acceptors (Lipinski definition) is 7. The SMILES string of the molecule is CCOC(=O)c1sc(NC(=O)Cc2ccc(S(=O)(=O)CC)cc2)nc1-c1ccccc1. The molecular formula is C22H22N2O5S2. The van der Waals surface area contributed by atoms with Gasteiger partial charge in [-0.05, 0) is 24.6 Å². The summed E-state index contributed by atoms with van der Waals surface area (Å²) in [5.74, 6) is -0.800. The Labute approximate surface area is 185 Å². The summed E-state index contributed by atoms with van der Waals surface area (Å²) in [6.45, 7) is 3.54. The van der Waals surface area contributed by atoms with Crippen LogP contribution in [0, 0.1) is 0 Å². The molecule has 1 aromatic heterocycles. The Morgan fingerprint density at radius 1 is 1.03 bits per heavy atom. The molecule has 0 saturated heterocycles. The Morgan fingerprint density at radius 3 is 2.32 bits per heavy atom. The lowest BCUT2D eigenvalue weighted by Gasteiger charge is -2.04. The molecule has 0 fully saturated rings. The average molecular weight is 459 g/mol. The monoisotopic (exact) mass is 458 g/mol. The van der Waals surface area contributed by atoms with E-state index >= 15 is 0 Å². The Kier molecular flexibility index (Phi) is 7.19. The number of aromatic nitrogens is 1. The van der Waals surface area contributed by atoms with Crippen LogP contribution < -0.4 is 5.32 Å². The number of carbonyl (C=O) groups excluding carboxylic acids is 2. The minimum absolute atomic E-state index is 0.0173. The van der Waals surface area contributed by atoms with Crippen LogP contribution in [-0.2, 0) is 25.8 Å². The van der Waals surface area contributed by atoms with Gasteiger partial charge in [0.2, 0.25) is 5.91 Å². The van der Waals surface area contributed by atoms with Crippen molar-refractivity contribution in [2.24, 2.45) is 0 Å². The zero-order chi connectivity index (χ0) is 22.4. The highest BCUT2D eigenvalue weighted by Crippen LogP contribution is 2.32. The lowest BCUT2D eigenvalue weighted by molar-refractivity contribution is -0.115. The van der Waals surface area contributed by atoms with Gasteiger partial charge >= 0.3 is 5.97 Å². The van der Waals surface area contributed by atoms with Crippen molar-refractivity contribution in [2.45, 2.75) is 25.2 Å². The molecule has 3 rings (SSSR count). The second kappa shape index (κ2) is 9.84. The number of esters is 1. The normalized spacial score (nSPS) is 11.2. The Morgan fingerprint density at radius 2 is 1.71 bits per heavy atom. The predicted octanol–water partition coefficient (Wildman–Crippen LogP) is 3.96. The molecule has 2 aromatic carbocycles. The summed E-state index contributed by atoms with van der Waals surface area (Å²) in [6, 6.07) is 15.4. The van der Waals surface area contributed by atoms with E-state index in [4.69, 9.17) is 4.74 Å². The van der Waals surface area contributed by atoms with Gasteiger partial charge in [0.05, 0.1) is 29.4 Å². The van der Waals surface area contributed by atoms with Crippen LogP contribution in [0.4, 0.5) is 5.13 Å². The Hall–Kier alpha value is -3.04. The van der Waals surface area contributed by atoms with Gasteiger partial charge in [-0.2, -0.15) is 0 Å². The smallest absolute Gasteiger partial charge is 0.350 e. The third kappa shape index (κ3) is 5.56. The number of nitrogens with zero attached hydrogens (tertiary/aromatic N) is 1. The molecule has 0 unspecified atom stereocenters. The van der Waals surface area contributed by atoms with Gasteiger partial charge in [0.15, 0.2) is 15.0 Å². The van der Waals surface area contributed by atoms with Gasteiger partial charge in [0.25, 0.3) is 0 Å². The van der Waals surface area contributed by atoms with E-state index in [1.165, 1.54) is 12.1 Å². The molecular weight excluding hydrogens is 436 g/mol. The molecule has 0 atom stereocenters. The fourth-order valence-electron chi connectivity index (χ4n) is 2.83. The topological polar surface area (TPSA) is 102 Å². The number of benzene rings is 2. The number of carbonyl (C=O) groups is 2. The number of thiazole rings is 1. The molecule has 7 nitrogen and oxygen atoms in total. The van der Waals surface area contributed by atoms with Crippen molar-refractivity contribution in [2.75, 3.05) is 17.7 Å². The number of sulfone groups is 1. The van der Waals surface area contributed by atoms with Gasteiger partial charge in [-0.1, -0.05) is 60.7 Å². The van der Waals surface area contributed by atoms with Crippen LogP contribution in [0.2, 0.25) is 0 Å². The minimum Gasteiger partial charge on any atom is -0.462 e. The van der Waals surface area contributed by atoms with Crippen LogP contribution in [0.1, 0.15) is 29.1 Å². The second-order valence-electron chi connectivity index (χ2n) is 6.56. The fraction of sp³-hybridized carbons (Fsp3) is 0.227. The third-order valence-corrected chi connectivity index (χ3v) is 7.11. The van der Waals surface area contributed by atoms with Crippen LogP contribution in [-0.4, -0.2) is 37.6 Å². The molecule has 0 radical (unpaired) electrons. The Bertz CT molecular complexity index is 1170. The number of rotatable bonds is 8. The van der Waals surface area contributed by atoms with E-state index in [1.54, 1.807) is 26.0 Å². The second-order valence-corrected chi connectivity index (χ2v) is 9.83. The molecule has 0 aliphatic heterocycles. The molecule has 9 heteroatoms. The van der Waals surface area contributed by atoms with Crippen LogP contribution in [0.15, 0.2) is 59.5 Å². The molecule has 0 spiro atoms. The van der Waals surface area contributed by atoms with E-state index in [1.807, 2.05) is 30.3 Å². The van der Waals surface area contributed by atoms with Gasteiger partial charge < -0.3 is 10.1 Å². The highest BCUT2D eigenvalue weighted by Gasteiger charge is 2.21. The molecule has 0 aliphatic carbocycles. The minimum atomic E-state index is -3.29. The highest BCUT2D eigenvalue weighted by molar-refractivity contribution is 7.91. The summed E-state index contributed by atoms with van der Waals surface area (Å²) in [5.41, 5.74) is 1.86. The van der Waals surface area contributed by atoms with Crippen molar-refractivity contribution < 1.29 is 22.7 Å². The quantitative estimate of drug-likeness (QED) is 0.513. The first-order valence-corrected chi connectivity index (χ1v) is 12.2. The molecule has 1 N–H and O–H groups in total. The van der Waals surface area contributed by atoms with E-state index in [0.717, 1.165) is 16.9 Å².